The summed E-state index contributed by atoms with van der Waals surface area (Å²) in [6.45, 7) is 5.87. The normalized spacial score (nSPS) is 16.1. The number of halogens is 3. The van der Waals surface area contributed by atoms with Crippen molar-refractivity contribution >= 4 is 40.7 Å². The molecule has 37 heavy (non-hydrogen) atoms. The average molecular weight is 556 g/mol. The van der Waals surface area contributed by atoms with Crippen molar-refractivity contribution in [3.05, 3.63) is 86.6 Å². The topological polar surface area (TPSA) is 79.9 Å². The van der Waals surface area contributed by atoms with E-state index in [-0.39, 0.29) is 18.4 Å². The Morgan fingerprint density at radius 1 is 1.05 bits per heavy atom. The molecular formula is C28H25Cl3N4O2. The summed E-state index contributed by atoms with van der Waals surface area (Å²) < 4.78 is 6.32. The second kappa shape index (κ2) is 10.0. The van der Waals surface area contributed by atoms with Gasteiger partial charge in [0.1, 0.15) is 5.60 Å². The van der Waals surface area contributed by atoms with Crippen LogP contribution < -0.4 is 10.1 Å². The number of nitrogens with zero attached hydrogens (tertiary/aromatic N) is 2. The number of ether oxygens (including phenoxy) is 1. The number of carbonyl (C=O) groups excluding carboxylic acids is 1. The highest BCUT2D eigenvalue weighted by atomic mass is 35.5. The van der Waals surface area contributed by atoms with Gasteiger partial charge in [-0.3, -0.25) is 9.89 Å². The van der Waals surface area contributed by atoms with Crippen molar-refractivity contribution in [1.29, 1.82) is 0 Å². The summed E-state index contributed by atoms with van der Waals surface area (Å²) in [7, 11) is 0. The number of pyridine rings is 1. The van der Waals surface area contributed by atoms with E-state index < -0.39 is 5.60 Å². The predicted molar refractivity (Wildman–Crippen MR) is 147 cm³/mol. The zero-order valence-electron chi connectivity index (χ0n) is 20.5. The Hall–Kier alpha value is -3.06. The van der Waals surface area contributed by atoms with E-state index in [1.54, 1.807) is 12.1 Å². The molecule has 1 amide bonds. The maximum Gasteiger partial charge on any atom is 0.226 e. The van der Waals surface area contributed by atoms with E-state index in [1.165, 1.54) is 0 Å². The molecule has 3 heterocycles. The number of hydrogen-bond acceptors (Lipinski definition) is 4. The summed E-state index contributed by atoms with van der Waals surface area (Å²) in [5, 5.41) is 11.9. The quantitative estimate of drug-likeness (QED) is 0.269. The number of benzene rings is 2. The summed E-state index contributed by atoms with van der Waals surface area (Å²) in [6, 6.07) is 16.4. The van der Waals surface area contributed by atoms with Crippen LogP contribution in [0.3, 0.4) is 0 Å². The fourth-order valence-electron chi connectivity index (χ4n) is 4.59. The Kier molecular flexibility index (Phi) is 6.92. The van der Waals surface area contributed by atoms with Gasteiger partial charge in [0.05, 0.1) is 28.9 Å². The van der Waals surface area contributed by atoms with Crippen LogP contribution in [0.2, 0.25) is 15.1 Å². The van der Waals surface area contributed by atoms with Gasteiger partial charge in [0.2, 0.25) is 11.8 Å². The van der Waals surface area contributed by atoms with E-state index in [1.807, 2.05) is 63.2 Å². The first-order valence-electron chi connectivity index (χ1n) is 11.8. The van der Waals surface area contributed by atoms with Crippen LogP contribution in [0.25, 0.3) is 22.4 Å². The molecular weight excluding hydrogens is 531 g/mol. The van der Waals surface area contributed by atoms with Crippen molar-refractivity contribution in [2.24, 2.45) is 0 Å². The van der Waals surface area contributed by atoms with Gasteiger partial charge in [0.25, 0.3) is 0 Å². The van der Waals surface area contributed by atoms with Crippen molar-refractivity contribution in [2.45, 2.75) is 45.3 Å². The summed E-state index contributed by atoms with van der Waals surface area (Å²) in [6.07, 6.45) is 0.752. The van der Waals surface area contributed by atoms with Gasteiger partial charge in [-0.05, 0) is 68.8 Å². The highest BCUT2D eigenvalue weighted by molar-refractivity contribution is 6.36. The van der Waals surface area contributed by atoms with Crippen molar-refractivity contribution in [3.8, 4) is 28.3 Å². The molecule has 0 saturated heterocycles. The highest BCUT2D eigenvalue weighted by Gasteiger charge is 2.37. The summed E-state index contributed by atoms with van der Waals surface area (Å²) >= 11 is 18.9. The lowest BCUT2D eigenvalue weighted by molar-refractivity contribution is -0.121. The maximum atomic E-state index is 13.0. The van der Waals surface area contributed by atoms with E-state index in [2.05, 4.69) is 15.5 Å². The number of aromatic nitrogens is 3. The molecule has 1 aliphatic rings. The molecule has 0 spiro atoms. The summed E-state index contributed by atoms with van der Waals surface area (Å²) in [4.78, 5) is 18.0. The van der Waals surface area contributed by atoms with Crippen LogP contribution in [0.15, 0.2) is 54.6 Å². The minimum Gasteiger partial charge on any atom is -0.471 e. The number of carbonyl (C=O) groups is 1. The number of fused-ring (bicyclic) bond motifs is 1. The second-order valence-corrected chi connectivity index (χ2v) is 11.1. The average Bonchev–Trinajstić information content (AvgIpc) is 3.22. The molecule has 1 atom stereocenters. The van der Waals surface area contributed by atoms with Gasteiger partial charge in [-0.15, -0.1) is 0 Å². The Labute approximate surface area is 230 Å². The monoisotopic (exact) mass is 554 g/mol. The molecule has 0 saturated carbocycles. The lowest BCUT2D eigenvalue weighted by Gasteiger charge is -2.37. The summed E-state index contributed by atoms with van der Waals surface area (Å²) in [5.74, 6) is 0.328. The third-order valence-electron chi connectivity index (χ3n) is 6.24. The SMILES string of the molecule is Cc1cc(CC(=O)N[C@@H]2CC(C)(C)Oc3nc(-c4ccc(Cl)cc4Cl)c(-c4ccc(Cl)cc4)cc32)n[nH]1. The molecule has 6 nitrogen and oxygen atoms in total. The molecule has 2 N–H and O–H groups in total. The number of amides is 1. The van der Waals surface area contributed by atoms with E-state index in [4.69, 9.17) is 44.5 Å². The van der Waals surface area contributed by atoms with E-state index in [9.17, 15) is 4.79 Å². The van der Waals surface area contributed by atoms with Crippen LogP contribution >= 0.6 is 34.8 Å². The third kappa shape index (κ3) is 5.61. The zero-order chi connectivity index (χ0) is 26.3. The summed E-state index contributed by atoms with van der Waals surface area (Å²) in [5.41, 5.74) is 4.96. The minimum absolute atomic E-state index is 0.127. The fraction of sp³-hybridized carbons (Fsp3) is 0.250. The smallest absolute Gasteiger partial charge is 0.226 e. The number of hydrogen-bond donors (Lipinski definition) is 2. The fourth-order valence-corrected chi connectivity index (χ4v) is 5.21. The van der Waals surface area contributed by atoms with Crippen molar-refractivity contribution in [3.63, 3.8) is 0 Å². The maximum absolute atomic E-state index is 13.0. The number of aryl methyl sites for hydroxylation is 1. The molecule has 0 fully saturated rings. The van der Waals surface area contributed by atoms with Crippen LogP contribution in [-0.2, 0) is 11.2 Å². The van der Waals surface area contributed by atoms with Crippen molar-refractivity contribution < 1.29 is 9.53 Å². The van der Waals surface area contributed by atoms with Gasteiger partial charge in [-0.2, -0.15) is 5.10 Å². The Morgan fingerprint density at radius 2 is 1.78 bits per heavy atom. The molecule has 2 aromatic heterocycles. The molecule has 0 aliphatic carbocycles. The van der Waals surface area contributed by atoms with Crippen molar-refractivity contribution in [2.75, 3.05) is 0 Å². The third-order valence-corrected chi connectivity index (χ3v) is 7.04. The van der Waals surface area contributed by atoms with Gasteiger partial charge in [-0.25, -0.2) is 4.98 Å². The molecule has 9 heteroatoms. The van der Waals surface area contributed by atoms with Gasteiger partial charge >= 0.3 is 0 Å². The first kappa shape index (κ1) is 25.6. The molecule has 5 rings (SSSR count). The van der Waals surface area contributed by atoms with Crippen LogP contribution in [0.1, 0.15) is 43.3 Å². The molecule has 190 valence electrons. The molecule has 4 aromatic rings. The highest BCUT2D eigenvalue weighted by Crippen LogP contribution is 2.44. The Bertz CT molecular complexity index is 1480. The zero-order valence-corrected chi connectivity index (χ0v) is 22.8. The van der Waals surface area contributed by atoms with Crippen LogP contribution in [0.4, 0.5) is 0 Å². The van der Waals surface area contributed by atoms with Gasteiger partial charge < -0.3 is 10.1 Å². The van der Waals surface area contributed by atoms with Crippen LogP contribution in [0, 0.1) is 6.92 Å². The van der Waals surface area contributed by atoms with Crippen molar-refractivity contribution in [1.82, 2.24) is 20.5 Å². The van der Waals surface area contributed by atoms with Crippen LogP contribution in [-0.4, -0.2) is 26.7 Å². The van der Waals surface area contributed by atoms with Crippen LogP contribution in [0.5, 0.6) is 5.88 Å². The largest absolute Gasteiger partial charge is 0.471 e. The van der Waals surface area contributed by atoms with E-state index in [0.29, 0.717) is 38.8 Å². The number of aromatic amines is 1. The minimum atomic E-state index is -0.552. The van der Waals surface area contributed by atoms with Gasteiger partial charge in [-0.1, -0.05) is 46.9 Å². The van der Waals surface area contributed by atoms with E-state index in [0.717, 1.165) is 27.9 Å². The first-order valence-corrected chi connectivity index (χ1v) is 13.0. The molecule has 2 aromatic carbocycles. The predicted octanol–water partition coefficient (Wildman–Crippen LogP) is 7.37. The first-order chi connectivity index (χ1) is 17.6. The number of H-pyrrole nitrogens is 1. The molecule has 0 bridgehead atoms. The molecule has 0 unspecified atom stereocenters. The standard InChI is InChI=1S/C28H25Cl3N4O2/c1-15-10-19(35-34-15)12-25(36)32-24-14-28(2,3)37-27-22(24)13-21(16-4-6-17(29)7-5-16)26(33-27)20-9-8-18(30)11-23(20)31/h4-11,13,24H,12,14H2,1-3H3,(H,32,36)(H,34,35)/t24-/m1/s1. The second-order valence-electron chi connectivity index (χ2n) is 9.82. The molecule has 1 aliphatic heterocycles. The Morgan fingerprint density at radius 3 is 2.46 bits per heavy atom. The van der Waals surface area contributed by atoms with E-state index >= 15 is 0 Å². The van der Waals surface area contributed by atoms with Gasteiger partial charge in [0, 0.05) is 38.9 Å². The number of rotatable bonds is 5. The van der Waals surface area contributed by atoms with Gasteiger partial charge in [0.15, 0.2) is 0 Å². The Balaban J connectivity index is 1.61. The molecule has 0 radical (unpaired) electrons. The lowest BCUT2D eigenvalue weighted by Crippen LogP contribution is -2.42. The number of nitrogens with one attached hydrogen (secondary N) is 2. The lowest BCUT2D eigenvalue weighted by atomic mass is 9.88.